The minimum Gasteiger partial charge on any atom is -0.480 e. The SMILES string of the molecule is CNC(C)(CC(C)N1CCOC(C)C1)C(=O)O. The monoisotopic (exact) mass is 244 g/mol. The predicted molar refractivity (Wildman–Crippen MR) is 66.2 cm³/mol. The average Bonchev–Trinajstić information content (AvgIpc) is 2.28. The van der Waals surface area contributed by atoms with Crippen LogP contribution in [0.25, 0.3) is 0 Å². The van der Waals surface area contributed by atoms with Gasteiger partial charge in [0.2, 0.25) is 0 Å². The van der Waals surface area contributed by atoms with Crippen LogP contribution in [0.1, 0.15) is 27.2 Å². The van der Waals surface area contributed by atoms with Crippen molar-refractivity contribution in [1.29, 1.82) is 0 Å². The van der Waals surface area contributed by atoms with Crippen LogP contribution in [0, 0.1) is 0 Å². The van der Waals surface area contributed by atoms with Gasteiger partial charge < -0.3 is 15.2 Å². The first-order valence-corrected chi connectivity index (χ1v) is 6.17. The second-order valence-corrected chi connectivity index (χ2v) is 5.12. The Hall–Kier alpha value is -0.650. The van der Waals surface area contributed by atoms with Gasteiger partial charge in [-0.15, -0.1) is 0 Å². The topological polar surface area (TPSA) is 61.8 Å². The fourth-order valence-corrected chi connectivity index (χ4v) is 2.26. The number of hydrogen-bond acceptors (Lipinski definition) is 4. The van der Waals surface area contributed by atoms with Crippen LogP contribution in [0.3, 0.4) is 0 Å². The number of aliphatic carboxylic acids is 1. The average molecular weight is 244 g/mol. The first kappa shape index (κ1) is 14.4. The number of nitrogens with one attached hydrogen (secondary N) is 1. The van der Waals surface area contributed by atoms with Gasteiger partial charge in [-0.3, -0.25) is 9.69 Å². The highest BCUT2D eigenvalue weighted by molar-refractivity contribution is 5.78. The summed E-state index contributed by atoms with van der Waals surface area (Å²) in [6, 6.07) is 0.231. The van der Waals surface area contributed by atoms with Crippen molar-refractivity contribution in [3.05, 3.63) is 0 Å². The van der Waals surface area contributed by atoms with Crippen LogP contribution in [-0.4, -0.2) is 60.4 Å². The van der Waals surface area contributed by atoms with E-state index in [2.05, 4.69) is 17.1 Å². The third-order valence-electron chi connectivity index (χ3n) is 3.62. The number of nitrogens with zero attached hydrogens (tertiary/aromatic N) is 1. The second kappa shape index (κ2) is 5.80. The van der Waals surface area contributed by atoms with E-state index in [4.69, 9.17) is 4.74 Å². The van der Waals surface area contributed by atoms with Crippen molar-refractivity contribution in [2.45, 2.75) is 44.9 Å². The first-order valence-electron chi connectivity index (χ1n) is 6.17. The normalized spacial score (nSPS) is 27.4. The molecule has 0 amide bonds. The van der Waals surface area contributed by atoms with E-state index in [1.165, 1.54) is 0 Å². The maximum absolute atomic E-state index is 11.2. The molecule has 1 rings (SSSR count). The fraction of sp³-hybridized carbons (Fsp3) is 0.917. The summed E-state index contributed by atoms with van der Waals surface area (Å²) in [5, 5.41) is 12.1. The molecule has 1 heterocycles. The van der Waals surface area contributed by atoms with Gasteiger partial charge in [0, 0.05) is 19.1 Å². The molecule has 1 aliphatic rings. The summed E-state index contributed by atoms with van der Waals surface area (Å²) in [4.78, 5) is 13.5. The van der Waals surface area contributed by atoms with Crippen LogP contribution in [0.5, 0.6) is 0 Å². The molecule has 100 valence electrons. The largest absolute Gasteiger partial charge is 0.480 e. The van der Waals surface area contributed by atoms with Crippen molar-refractivity contribution in [2.24, 2.45) is 0 Å². The number of likely N-dealkylation sites (N-methyl/N-ethyl adjacent to an activating group) is 1. The third-order valence-corrected chi connectivity index (χ3v) is 3.62. The minimum atomic E-state index is -0.860. The van der Waals surface area contributed by atoms with Gasteiger partial charge in [-0.25, -0.2) is 0 Å². The summed E-state index contributed by atoms with van der Waals surface area (Å²) in [5.74, 6) is -0.798. The van der Waals surface area contributed by atoms with E-state index in [9.17, 15) is 9.90 Å². The lowest BCUT2D eigenvalue weighted by molar-refractivity contribution is -0.145. The van der Waals surface area contributed by atoms with E-state index in [0.29, 0.717) is 6.42 Å². The Kier molecular flexibility index (Phi) is 4.91. The van der Waals surface area contributed by atoms with Crippen LogP contribution in [0.4, 0.5) is 0 Å². The number of carbonyl (C=O) groups is 1. The van der Waals surface area contributed by atoms with Crippen molar-refractivity contribution < 1.29 is 14.6 Å². The molecule has 0 bridgehead atoms. The van der Waals surface area contributed by atoms with Crippen LogP contribution < -0.4 is 5.32 Å². The lowest BCUT2D eigenvalue weighted by Crippen LogP contribution is -2.54. The number of carboxylic acid groups (broad SMARTS) is 1. The van der Waals surface area contributed by atoms with Gasteiger partial charge in [0.15, 0.2) is 0 Å². The smallest absolute Gasteiger partial charge is 0.323 e. The van der Waals surface area contributed by atoms with Gasteiger partial charge in [-0.2, -0.15) is 0 Å². The molecule has 5 heteroatoms. The van der Waals surface area contributed by atoms with E-state index in [-0.39, 0.29) is 12.1 Å². The Labute approximate surface area is 103 Å². The summed E-state index contributed by atoms with van der Waals surface area (Å²) in [7, 11) is 1.70. The zero-order valence-electron chi connectivity index (χ0n) is 11.2. The molecule has 0 aliphatic carbocycles. The maximum Gasteiger partial charge on any atom is 0.323 e. The van der Waals surface area contributed by atoms with Crippen LogP contribution >= 0.6 is 0 Å². The molecule has 0 aromatic heterocycles. The van der Waals surface area contributed by atoms with Gasteiger partial charge in [-0.1, -0.05) is 0 Å². The lowest BCUT2D eigenvalue weighted by Gasteiger charge is -2.38. The van der Waals surface area contributed by atoms with Crippen molar-refractivity contribution in [3.63, 3.8) is 0 Å². The first-order chi connectivity index (χ1) is 7.89. The Morgan fingerprint density at radius 1 is 1.71 bits per heavy atom. The molecule has 0 radical (unpaired) electrons. The highest BCUT2D eigenvalue weighted by Crippen LogP contribution is 2.18. The van der Waals surface area contributed by atoms with Crippen LogP contribution in [0.2, 0.25) is 0 Å². The number of carboxylic acids is 1. The highest BCUT2D eigenvalue weighted by Gasteiger charge is 2.35. The standard InChI is InChI=1S/C12H24N2O3/c1-9(7-12(3,13-4)11(15)16)14-5-6-17-10(2)8-14/h9-10,13H,5-8H2,1-4H3,(H,15,16). The molecule has 0 spiro atoms. The lowest BCUT2D eigenvalue weighted by atomic mass is 9.93. The molecule has 1 aliphatic heterocycles. The van der Waals surface area contributed by atoms with Gasteiger partial charge in [0.25, 0.3) is 0 Å². The zero-order chi connectivity index (χ0) is 13.1. The Morgan fingerprint density at radius 3 is 2.82 bits per heavy atom. The molecular formula is C12H24N2O3. The number of hydrogen-bond donors (Lipinski definition) is 2. The van der Waals surface area contributed by atoms with Crippen molar-refractivity contribution in [1.82, 2.24) is 10.2 Å². The van der Waals surface area contributed by atoms with Crippen molar-refractivity contribution >= 4 is 5.97 Å². The van der Waals surface area contributed by atoms with Gasteiger partial charge >= 0.3 is 5.97 Å². The number of ether oxygens (including phenoxy) is 1. The van der Waals surface area contributed by atoms with Crippen LogP contribution in [0.15, 0.2) is 0 Å². The molecule has 3 unspecified atom stereocenters. The Bertz CT molecular complexity index is 272. The number of rotatable bonds is 5. The third kappa shape index (κ3) is 3.66. The molecule has 17 heavy (non-hydrogen) atoms. The molecule has 0 aromatic carbocycles. The molecule has 0 saturated carbocycles. The molecule has 1 saturated heterocycles. The van der Waals surface area contributed by atoms with E-state index < -0.39 is 11.5 Å². The molecule has 2 N–H and O–H groups in total. The Morgan fingerprint density at radius 2 is 2.35 bits per heavy atom. The van der Waals surface area contributed by atoms with Crippen molar-refractivity contribution in [2.75, 3.05) is 26.7 Å². The molecular weight excluding hydrogens is 220 g/mol. The van der Waals surface area contributed by atoms with Gasteiger partial charge in [0.05, 0.1) is 12.7 Å². The van der Waals surface area contributed by atoms with E-state index >= 15 is 0 Å². The summed E-state index contributed by atoms with van der Waals surface area (Å²) < 4.78 is 5.49. The summed E-state index contributed by atoms with van der Waals surface area (Å²) >= 11 is 0. The zero-order valence-corrected chi connectivity index (χ0v) is 11.2. The predicted octanol–water partition coefficient (Wildman–Crippen LogP) is 0.548. The van der Waals surface area contributed by atoms with E-state index in [1.54, 1.807) is 14.0 Å². The quantitative estimate of drug-likeness (QED) is 0.739. The number of morpholine rings is 1. The van der Waals surface area contributed by atoms with Crippen LogP contribution in [-0.2, 0) is 9.53 Å². The second-order valence-electron chi connectivity index (χ2n) is 5.12. The summed E-state index contributed by atoms with van der Waals surface area (Å²) in [5.41, 5.74) is -0.860. The fourth-order valence-electron chi connectivity index (χ4n) is 2.26. The molecule has 5 nitrogen and oxygen atoms in total. The maximum atomic E-state index is 11.2. The molecule has 3 atom stereocenters. The Balaban J connectivity index is 2.58. The van der Waals surface area contributed by atoms with E-state index in [1.807, 2.05) is 6.92 Å². The summed E-state index contributed by atoms with van der Waals surface area (Å²) in [6.07, 6.45) is 0.822. The molecule has 1 fully saturated rings. The van der Waals surface area contributed by atoms with Gasteiger partial charge in [0.1, 0.15) is 5.54 Å². The molecule has 0 aromatic rings. The van der Waals surface area contributed by atoms with Gasteiger partial charge in [-0.05, 0) is 34.2 Å². The summed E-state index contributed by atoms with van der Waals surface area (Å²) in [6.45, 7) is 8.35. The van der Waals surface area contributed by atoms with Crippen molar-refractivity contribution in [3.8, 4) is 0 Å². The minimum absolute atomic E-state index is 0.231. The van der Waals surface area contributed by atoms with E-state index in [0.717, 1.165) is 19.7 Å². The highest BCUT2D eigenvalue weighted by atomic mass is 16.5.